The predicted molar refractivity (Wildman–Crippen MR) is 226 cm³/mol. The molecule has 2 heterocycles. The molecule has 0 amide bonds. The molecule has 7 aromatic carbocycles. The molecule has 0 saturated heterocycles. The van der Waals surface area contributed by atoms with Gasteiger partial charge in [-0.3, -0.25) is 5.04 Å². The molecule has 0 N–H and O–H groups in total. The van der Waals surface area contributed by atoms with E-state index in [4.69, 9.17) is 21.1 Å². The summed E-state index contributed by atoms with van der Waals surface area (Å²) in [5, 5.41) is 31.9. The third-order valence-electron chi connectivity index (χ3n) is 9.80. The molecule has 0 radical (unpaired) electrons. The fourth-order valence-electron chi connectivity index (χ4n) is 6.83. The Balaban J connectivity index is 0.00000234. The van der Waals surface area contributed by atoms with Gasteiger partial charge in [0, 0.05) is 43.6 Å². The Morgan fingerprint density at radius 3 is 1.48 bits per heavy atom. The molecule has 2 aromatic heterocycles. The smallest absolute Gasteiger partial charge is 0.744 e. The molecule has 0 atom stereocenters. The third-order valence-corrected chi connectivity index (χ3v) is 13.2. The molecule has 0 unspecified atom stereocenters. The predicted octanol–water partition coefficient (Wildman–Crippen LogP) is -7.49. The van der Waals surface area contributed by atoms with Gasteiger partial charge in [0.2, 0.25) is 0 Å². The second-order valence-electron chi connectivity index (χ2n) is 13.9. The van der Waals surface area contributed by atoms with Gasteiger partial charge in [-0.2, -0.15) is 4.33 Å². The van der Waals surface area contributed by atoms with Crippen molar-refractivity contribution in [1.82, 2.24) is 30.0 Å². The number of hydrogen-bond acceptors (Lipinski definition) is 21. The maximum absolute atomic E-state index is 13.8. The zero-order valence-corrected chi connectivity index (χ0v) is 48.7. The second kappa shape index (κ2) is 23.3. The topological polar surface area (TPSA) is 327 Å². The molecule has 0 fully saturated rings. The summed E-state index contributed by atoms with van der Waals surface area (Å²) in [4.78, 5) is 26.4. The van der Waals surface area contributed by atoms with E-state index in [-0.39, 0.29) is 206 Å². The van der Waals surface area contributed by atoms with E-state index in [1.165, 1.54) is 54.6 Å². The molecule has 0 saturated carbocycles. The molecular formula is C40H19ClN6Na4O16S4. The van der Waals surface area contributed by atoms with Crippen molar-refractivity contribution < 1.29 is 191 Å². The molecule has 9 aromatic rings. The van der Waals surface area contributed by atoms with Crippen molar-refractivity contribution in [2.45, 2.75) is 19.6 Å². The van der Waals surface area contributed by atoms with Crippen LogP contribution in [0.5, 0.6) is 11.5 Å². The molecule has 71 heavy (non-hydrogen) atoms. The Labute approximate surface area is 497 Å². The van der Waals surface area contributed by atoms with Crippen molar-refractivity contribution in [3.63, 3.8) is 0 Å². The molecule has 0 aliphatic heterocycles. The zero-order chi connectivity index (χ0) is 47.6. The minimum Gasteiger partial charge on any atom is -0.744 e. The minimum absolute atomic E-state index is 0. The molecular weight excluding hydrogens is 1080 g/mol. The van der Waals surface area contributed by atoms with Gasteiger partial charge < -0.3 is 28.4 Å². The first-order valence-electron chi connectivity index (χ1n) is 18.4. The number of fused-ring (bicyclic) bond motifs is 6. The van der Waals surface area contributed by atoms with Gasteiger partial charge in [0.1, 0.15) is 63.8 Å². The summed E-state index contributed by atoms with van der Waals surface area (Å²) in [7, 11) is -15.8. The number of aromatic nitrogens is 6. The number of ether oxygens (including phenoxy) is 2. The average molecular weight is 1100 g/mol. The van der Waals surface area contributed by atoms with E-state index in [9.17, 15) is 53.8 Å². The molecule has 22 nitrogen and oxygen atoms in total. The minimum atomic E-state index is -5.38. The van der Waals surface area contributed by atoms with Gasteiger partial charge in [0.15, 0.2) is 11.5 Å². The van der Waals surface area contributed by atoms with Crippen LogP contribution in [0, 0.1) is 0 Å². The van der Waals surface area contributed by atoms with Crippen LogP contribution in [0.25, 0.3) is 55.0 Å². The van der Waals surface area contributed by atoms with E-state index in [1.54, 1.807) is 18.2 Å². The molecule has 31 heteroatoms. The summed E-state index contributed by atoms with van der Waals surface area (Å²) >= 11 is 6.36. The van der Waals surface area contributed by atoms with Gasteiger partial charge in [0.05, 0.1) is 37.9 Å². The number of esters is 2. The van der Waals surface area contributed by atoms with Crippen LogP contribution in [-0.4, -0.2) is 80.8 Å². The SMILES string of the molecule is O=C(Oc1cc(-n2nc3ccc4c(S(=O)(=O)[O-])cc(S(=O)(=O)[O-])cc4c3n2)c(OC(=O)c2ccccc2)cc1-n1nc2ccc3c(SOO[O-])cc(S(=O)(=O)[O-])cc3c2n1)c1ccc(Cl)cc1.[Na+].[Na+].[Na+].[Na+]. The number of benzene rings is 7. The Bertz CT molecular complexity index is 3910. The van der Waals surface area contributed by atoms with Gasteiger partial charge in [0.25, 0.3) is 0 Å². The van der Waals surface area contributed by atoms with Crippen LogP contribution in [-0.2, 0) is 39.7 Å². The summed E-state index contributed by atoms with van der Waals surface area (Å²) in [5.41, 5.74) is -0.739. The number of rotatable bonds is 12. The Morgan fingerprint density at radius 2 is 1.00 bits per heavy atom. The maximum Gasteiger partial charge on any atom is 1.00 e. The van der Waals surface area contributed by atoms with E-state index in [1.807, 2.05) is 0 Å². The first kappa shape index (κ1) is 58.9. The van der Waals surface area contributed by atoms with Crippen LogP contribution in [0.3, 0.4) is 0 Å². The summed E-state index contributed by atoms with van der Waals surface area (Å²) in [6, 6.07) is 23.9. The zero-order valence-electron chi connectivity index (χ0n) is 36.7. The largest absolute Gasteiger partial charge is 1.00 e. The monoisotopic (exact) mass is 1090 g/mol. The fraction of sp³-hybridized carbons (Fsp3) is 0. The first-order valence-corrected chi connectivity index (χ1v) is 23.7. The van der Waals surface area contributed by atoms with Gasteiger partial charge in [-0.25, -0.2) is 34.8 Å². The van der Waals surface area contributed by atoms with E-state index in [2.05, 4.69) is 29.8 Å². The van der Waals surface area contributed by atoms with E-state index >= 15 is 0 Å². The van der Waals surface area contributed by atoms with Crippen LogP contribution < -0.4 is 133 Å². The van der Waals surface area contributed by atoms with Gasteiger partial charge >= 0.3 is 130 Å². The van der Waals surface area contributed by atoms with Crippen molar-refractivity contribution in [3.8, 4) is 22.9 Å². The average Bonchev–Trinajstić information content (AvgIpc) is 3.93. The second-order valence-corrected chi connectivity index (χ2v) is 19.2. The van der Waals surface area contributed by atoms with E-state index < -0.39 is 57.0 Å². The number of hydrogen-bond donors (Lipinski definition) is 0. The van der Waals surface area contributed by atoms with Gasteiger partial charge in [-0.05, 0) is 72.8 Å². The molecule has 340 valence electrons. The van der Waals surface area contributed by atoms with Crippen molar-refractivity contribution in [2.75, 3.05) is 0 Å². The Morgan fingerprint density at radius 1 is 0.535 bits per heavy atom. The number of nitrogens with zero attached hydrogens (tertiary/aromatic N) is 6. The molecule has 9 rings (SSSR count). The standard InChI is InChI=1S/C40H23ClN6O16S4.4Na/c41-22-8-6-21(7-9-22)40(49)61-34-19-31(47-43-30-13-11-26-28(38(30)45-47)15-24(66(54,55)56)17-36(26)67(57,58)59)33(60-39(48)20-4-2-1-3-5-20)18-32(34)46-42-29-12-10-25-27(37(29)44-46)14-23(65(51,52)53)16-35(25)64-63-62-50;;;;/h1-19,50H,(H,51,52,53)(H,54,55,56)(H,57,58,59);;;;/q;4*+1/p-4. The van der Waals surface area contributed by atoms with E-state index in [0.29, 0.717) is 18.1 Å². The van der Waals surface area contributed by atoms with Crippen LogP contribution in [0.4, 0.5) is 0 Å². The number of carbonyl (C=O) groups is 2. The van der Waals surface area contributed by atoms with Gasteiger partial charge in [-0.1, -0.05) is 41.9 Å². The molecule has 0 spiro atoms. The van der Waals surface area contributed by atoms with Crippen molar-refractivity contribution >= 4 is 110 Å². The van der Waals surface area contributed by atoms with Crippen LogP contribution in [0.1, 0.15) is 20.7 Å². The Hall–Kier alpha value is -2.95. The maximum atomic E-state index is 13.8. The normalized spacial score (nSPS) is 11.6. The summed E-state index contributed by atoms with van der Waals surface area (Å²) in [6.07, 6.45) is 0. The van der Waals surface area contributed by atoms with Crippen molar-refractivity contribution in [2.24, 2.45) is 0 Å². The number of halogens is 1. The van der Waals surface area contributed by atoms with E-state index in [0.717, 1.165) is 46.0 Å². The summed E-state index contributed by atoms with van der Waals surface area (Å²) in [5.74, 6) is -2.69. The van der Waals surface area contributed by atoms with Crippen LogP contribution in [0.2, 0.25) is 5.02 Å². The quantitative estimate of drug-likeness (QED) is 0.0209. The molecule has 0 bridgehead atoms. The fourth-order valence-corrected chi connectivity index (χ4v) is 9.42. The molecule has 0 aliphatic rings. The van der Waals surface area contributed by atoms with Gasteiger partial charge in [-0.15, -0.1) is 30.0 Å². The first-order chi connectivity index (χ1) is 31.8. The van der Waals surface area contributed by atoms with Crippen molar-refractivity contribution in [1.29, 1.82) is 0 Å². The van der Waals surface area contributed by atoms with Crippen LogP contribution >= 0.6 is 23.6 Å². The van der Waals surface area contributed by atoms with Crippen molar-refractivity contribution in [3.05, 3.63) is 131 Å². The Kier molecular flexibility index (Phi) is 19.3. The number of carbonyl (C=O) groups excluding carboxylic acids is 2. The summed E-state index contributed by atoms with van der Waals surface area (Å²) < 4.78 is 126. The summed E-state index contributed by atoms with van der Waals surface area (Å²) in [6.45, 7) is 0. The molecule has 0 aliphatic carbocycles. The van der Waals surface area contributed by atoms with Crippen LogP contribution in [0.15, 0.2) is 135 Å². The third kappa shape index (κ3) is 12.4.